The molecule has 0 aromatic heterocycles. The highest BCUT2D eigenvalue weighted by Gasteiger charge is 2.24. The van der Waals surface area contributed by atoms with Crippen molar-refractivity contribution in [3.8, 4) is 0 Å². The third kappa shape index (κ3) is 6.72. The number of nitrogens with one attached hydrogen (secondary N) is 2. The van der Waals surface area contributed by atoms with E-state index in [-0.39, 0.29) is 11.9 Å². The summed E-state index contributed by atoms with van der Waals surface area (Å²) in [5, 5.41) is 17.2. The molecule has 0 spiro atoms. The van der Waals surface area contributed by atoms with Gasteiger partial charge >= 0.3 is 0 Å². The normalized spacial score (nSPS) is 17.4. The van der Waals surface area contributed by atoms with Gasteiger partial charge in [-0.2, -0.15) is 0 Å². The maximum atomic E-state index is 13.4. The molecular weight excluding hydrogens is 359 g/mol. The Kier molecular flexibility index (Phi) is 9.15. The fourth-order valence-electron chi connectivity index (χ4n) is 3.27. The molecule has 28 heavy (non-hydrogen) atoms. The van der Waals surface area contributed by atoms with Crippen LogP contribution in [0, 0.1) is 5.82 Å². The molecule has 1 aliphatic rings. The molecule has 0 saturated carbocycles. The van der Waals surface area contributed by atoms with Gasteiger partial charge in [0.1, 0.15) is 5.82 Å². The van der Waals surface area contributed by atoms with Crippen LogP contribution in [-0.4, -0.2) is 67.5 Å². The molecule has 6 nitrogen and oxygen atoms in total. The molecule has 1 aromatic rings. The Morgan fingerprint density at radius 3 is 2.39 bits per heavy atom. The van der Waals surface area contributed by atoms with Crippen molar-refractivity contribution in [2.75, 3.05) is 45.9 Å². The minimum absolute atomic E-state index is 0.0876. The molecule has 0 amide bonds. The van der Waals surface area contributed by atoms with Crippen molar-refractivity contribution in [2.24, 2.45) is 4.99 Å². The second-order valence-corrected chi connectivity index (χ2v) is 7.22. The largest absolute Gasteiger partial charge is 0.388 e. The Morgan fingerprint density at radius 2 is 1.82 bits per heavy atom. The molecule has 1 unspecified atom stereocenters. The van der Waals surface area contributed by atoms with Crippen LogP contribution >= 0.6 is 0 Å². The van der Waals surface area contributed by atoms with Crippen molar-refractivity contribution < 1.29 is 14.2 Å². The quantitative estimate of drug-likeness (QED) is 0.443. The first-order valence-electron chi connectivity index (χ1n) is 10.3. The second-order valence-electron chi connectivity index (χ2n) is 7.22. The predicted octanol–water partition coefficient (Wildman–Crippen LogP) is 2.31. The zero-order chi connectivity index (χ0) is 20.4. The van der Waals surface area contributed by atoms with Crippen molar-refractivity contribution in [2.45, 2.75) is 45.3 Å². The highest BCUT2D eigenvalue weighted by Crippen LogP contribution is 2.22. The molecule has 158 valence electrons. The molecule has 7 heteroatoms. The molecule has 1 fully saturated rings. The van der Waals surface area contributed by atoms with E-state index in [1.165, 1.54) is 12.1 Å². The van der Waals surface area contributed by atoms with E-state index in [0.29, 0.717) is 45.1 Å². The van der Waals surface area contributed by atoms with Gasteiger partial charge in [-0.15, -0.1) is 0 Å². The van der Waals surface area contributed by atoms with Crippen LogP contribution in [0.4, 0.5) is 4.39 Å². The molecule has 0 radical (unpaired) electrons. The van der Waals surface area contributed by atoms with E-state index in [1.807, 2.05) is 32.9 Å². The van der Waals surface area contributed by atoms with Crippen LogP contribution in [0.2, 0.25) is 0 Å². The first kappa shape index (κ1) is 22.6. The number of halogens is 1. The summed E-state index contributed by atoms with van der Waals surface area (Å²) in [5.74, 6) is 0.453. The van der Waals surface area contributed by atoms with Gasteiger partial charge in [0.25, 0.3) is 0 Å². The molecule has 3 N–H and O–H groups in total. The average Bonchev–Trinajstić information content (AvgIpc) is 2.73. The molecule has 1 heterocycles. The van der Waals surface area contributed by atoms with Crippen LogP contribution < -0.4 is 10.6 Å². The van der Waals surface area contributed by atoms with E-state index in [0.717, 1.165) is 25.2 Å². The zero-order valence-corrected chi connectivity index (χ0v) is 17.4. The third-order valence-electron chi connectivity index (χ3n) is 5.40. The SMILES string of the molecule is CCNC(=NCC(O)(CC)CC)NCC(c1ccc(F)cc1)N1CCOCC1. The standard InChI is InChI=1S/C21H35FN4O2/c1-4-21(27,5-2)16-25-20(23-6-3)24-15-19(26-11-13-28-14-12-26)17-7-9-18(22)10-8-17/h7-10,19,27H,4-6,11-16H2,1-3H3,(H2,23,24,25). The molecule has 1 aromatic carbocycles. The van der Waals surface area contributed by atoms with Crippen molar-refractivity contribution in [3.63, 3.8) is 0 Å². The lowest BCUT2D eigenvalue weighted by atomic mass is 9.98. The van der Waals surface area contributed by atoms with Crippen molar-refractivity contribution >= 4 is 5.96 Å². The number of rotatable bonds is 9. The van der Waals surface area contributed by atoms with Crippen molar-refractivity contribution in [3.05, 3.63) is 35.6 Å². The Labute approximate surface area is 168 Å². The summed E-state index contributed by atoms with van der Waals surface area (Å²) in [5.41, 5.74) is 0.286. The molecule has 0 aliphatic carbocycles. The zero-order valence-electron chi connectivity index (χ0n) is 17.4. The smallest absolute Gasteiger partial charge is 0.191 e. The van der Waals surface area contributed by atoms with Gasteiger partial charge in [0, 0.05) is 26.2 Å². The van der Waals surface area contributed by atoms with Crippen LogP contribution in [0.15, 0.2) is 29.3 Å². The summed E-state index contributed by atoms with van der Waals surface area (Å²) in [6.45, 7) is 10.8. The summed E-state index contributed by atoms with van der Waals surface area (Å²) in [6, 6.07) is 6.78. The summed E-state index contributed by atoms with van der Waals surface area (Å²) in [7, 11) is 0. The number of aliphatic imine (C=N–C) groups is 1. The predicted molar refractivity (Wildman–Crippen MR) is 111 cm³/mol. The fourth-order valence-corrected chi connectivity index (χ4v) is 3.27. The van der Waals surface area contributed by atoms with E-state index in [2.05, 4.69) is 20.5 Å². The first-order valence-corrected chi connectivity index (χ1v) is 10.3. The van der Waals surface area contributed by atoms with Crippen molar-refractivity contribution in [1.82, 2.24) is 15.5 Å². The average molecular weight is 395 g/mol. The lowest BCUT2D eigenvalue weighted by molar-refractivity contribution is 0.0169. The van der Waals surface area contributed by atoms with Gasteiger partial charge in [-0.05, 0) is 37.5 Å². The minimum Gasteiger partial charge on any atom is -0.388 e. The molecule has 1 aliphatic heterocycles. The number of guanidine groups is 1. The van der Waals surface area contributed by atoms with Gasteiger partial charge < -0.3 is 20.5 Å². The first-order chi connectivity index (χ1) is 13.5. The molecular formula is C21H35FN4O2. The Bertz CT molecular complexity index is 599. The summed E-state index contributed by atoms with van der Waals surface area (Å²) >= 11 is 0. The number of aliphatic hydroxyl groups is 1. The van der Waals surface area contributed by atoms with Gasteiger partial charge in [0.05, 0.1) is 31.4 Å². The Morgan fingerprint density at radius 1 is 1.18 bits per heavy atom. The van der Waals surface area contributed by atoms with Gasteiger partial charge in [-0.1, -0.05) is 26.0 Å². The lowest BCUT2D eigenvalue weighted by Gasteiger charge is -2.35. The van der Waals surface area contributed by atoms with E-state index >= 15 is 0 Å². The number of benzene rings is 1. The Hall–Kier alpha value is -1.70. The second kappa shape index (κ2) is 11.3. The number of hydrogen-bond donors (Lipinski definition) is 3. The maximum absolute atomic E-state index is 13.4. The molecule has 1 saturated heterocycles. The number of hydrogen-bond acceptors (Lipinski definition) is 4. The fraction of sp³-hybridized carbons (Fsp3) is 0.667. The number of ether oxygens (including phenoxy) is 1. The van der Waals surface area contributed by atoms with E-state index in [4.69, 9.17) is 4.74 Å². The monoisotopic (exact) mass is 394 g/mol. The number of morpholine rings is 1. The highest BCUT2D eigenvalue weighted by atomic mass is 19.1. The highest BCUT2D eigenvalue weighted by molar-refractivity contribution is 5.79. The van der Waals surface area contributed by atoms with Gasteiger partial charge in [-0.25, -0.2) is 4.39 Å². The van der Waals surface area contributed by atoms with E-state index < -0.39 is 5.60 Å². The van der Waals surface area contributed by atoms with E-state index in [9.17, 15) is 9.50 Å². The summed E-state index contributed by atoms with van der Waals surface area (Å²) in [6.07, 6.45) is 1.33. The van der Waals surface area contributed by atoms with Gasteiger partial charge in [0.15, 0.2) is 5.96 Å². The van der Waals surface area contributed by atoms with Crippen LogP contribution in [0.25, 0.3) is 0 Å². The third-order valence-corrected chi connectivity index (χ3v) is 5.40. The van der Waals surface area contributed by atoms with Crippen LogP contribution in [0.3, 0.4) is 0 Å². The topological polar surface area (TPSA) is 69.1 Å². The number of nitrogens with zero attached hydrogens (tertiary/aromatic N) is 2. The summed E-state index contributed by atoms with van der Waals surface area (Å²) in [4.78, 5) is 6.94. The Balaban J connectivity index is 2.11. The van der Waals surface area contributed by atoms with E-state index in [1.54, 1.807) is 0 Å². The van der Waals surface area contributed by atoms with Gasteiger partial charge in [0.2, 0.25) is 0 Å². The molecule has 1 atom stereocenters. The lowest BCUT2D eigenvalue weighted by Crippen LogP contribution is -2.46. The van der Waals surface area contributed by atoms with Crippen molar-refractivity contribution in [1.29, 1.82) is 0 Å². The molecule has 2 rings (SSSR count). The van der Waals surface area contributed by atoms with Gasteiger partial charge in [-0.3, -0.25) is 9.89 Å². The summed E-state index contributed by atoms with van der Waals surface area (Å²) < 4.78 is 18.9. The molecule has 0 bridgehead atoms. The minimum atomic E-state index is -0.775. The maximum Gasteiger partial charge on any atom is 0.191 e. The van der Waals surface area contributed by atoms with Crippen LogP contribution in [-0.2, 0) is 4.74 Å². The van der Waals surface area contributed by atoms with Crippen LogP contribution in [0.5, 0.6) is 0 Å². The van der Waals surface area contributed by atoms with Crippen LogP contribution in [0.1, 0.15) is 45.2 Å².